The third kappa shape index (κ3) is 10.3. The molecule has 3 aromatic carbocycles. The third-order valence-corrected chi connectivity index (χ3v) is 12.1. The largest absolute Gasteiger partial charge is 0.507 e. The number of hydrogen-bond donors (Lipinski definition) is 6. The Bertz CT molecular complexity index is 2540. The quantitative estimate of drug-likeness (QED) is 0.0384. The molecule has 0 saturated carbocycles. The minimum Gasteiger partial charge on any atom is -0.507 e. The lowest BCUT2D eigenvalue weighted by Gasteiger charge is -2.39. The zero-order chi connectivity index (χ0) is 48.9. The van der Waals surface area contributed by atoms with E-state index in [0.29, 0.717) is 30.5 Å². The van der Waals surface area contributed by atoms with Gasteiger partial charge in [0.15, 0.2) is 11.6 Å². The average molecular weight is 944 g/mol. The number of nitrogens with one attached hydrogen (secondary N) is 2. The van der Waals surface area contributed by atoms with Crippen LogP contribution in [0.5, 0.6) is 17.2 Å². The number of anilines is 1. The first-order valence-electron chi connectivity index (χ1n) is 21.7. The fourth-order valence-electron chi connectivity index (χ4n) is 8.49. The molecule has 2 aliphatic carbocycles. The van der Waals surface area contributed by atoms with Gasteiger partial charge in [0, 0.05) is 60.3 Å². The van der Waals surface area contributed by atoms with Gasteiger partial charge in [-0.2, -0.15) is 0 Å². The molecule has 0 aromatic heterocycles. The summed E-state index contributed by atoms with van der Waals surface area (Å²) in [5.41, 5.74) is -1.99. The lowest BCUT2D eigenvalue weighted by atomic mass is 9.73. The fourth-order valence-corrected chi connectivity index (χ4v) is 8.49. The predicted octanol–water partition coefficient (Wildman–Crippen LogP) is 2.66. The molecule has 6 N–H and O–H groups in total. The maximum atomic E-state index is 14.4. The zero-order valence-electron chi connectivity index (χ0n) is 36.9. The summed E-state index contributed by atoms with van der Waals surface area (Å²) in [6.45, 7) is -0.0720. The molecule has 21 nitrogen and oxygen atoms in total. The number of phenolic OH excluding ortho intramolecular Hbond substituents is 1. The number of ether oxygens (including phenoxy) is 6. The van der Waals surface area contributed by atoms with Crippen LogP contribution in [0.15, 0.2) is 54.6 Å². The number of phenols is 1. The van der Waals surface area contributed by atoms with Gasteiger partial charge in [-0.3, -0.25) is 39.0 Å². The summed E-state index contributed by atoms with van der Waals surface area (Å²) < 4.78 is 33.0. The number of fused-ring (bicyclic) bond motifs is 3. The number of esters is 1. The van der Waals surface area contributed by atoms with Gasteiger partial charge in [-0.1, -0.05) is 30.7 Å². The Morgan fingerprint density at radius 1 is 0.882 bits per heavy atom. The van der Waals surface area contributed by atoms with E-state index in [0.717, 1.165) is 4.90 Å². The van der Waals surface area contributed by atoms with Crippen LogP contribution in [-0.4, -0.2) is 130 Å². The van der Waals surface area contributed by atoms with Crippen molar-refractivity contribution in [3.8, 4) is 17.2 Å². The Morgan fingerprint density at radius 2 is 1.62 bits per heavy atom. The summed E-state index contributed by atoms with van der Waals surface area (Å²) in [5, 5.41) is 48.6. The minimum atomic E-state index is -2.10. The highest BCUT2D eigenvalue weighted by Crippen LogP contribution is 2.49. The topological polar surface area (TPSA) is 300 Å². The number of nitrogens with zero attached hydrogens (tertiary/aromatic N) is 1. The van der Waals surface area contributed by atoms with Gasteiger partial charge in [-0.25, -0.2) is 9.59 Å². The van der Waals surface area contributed by atoms with Gasteiger partial charge in [-0.05, 0) is 56.4 Å². The van der Waals surface area contributed by atoms with Crippen molar-refractivity contribution >= 4 is 53.0 Å². The van der Waals surface area contributed by atoms with E-state index in [4.69, 9.17) is 28.4 Å². The average Bonchev–Trinajstić information content (AvgIpc) is 3.64. The van der Waals surface area contributed by atoms with Gasteiger partial charge in [0.2, 0.25) is 18.9 Å². The standard InChI is InChI=1S/C47H49N3O18/c1-24-40(56)30(49-46(61)64-22-25-10-12-26(13-11-25)48-45(60)66-23-65-35(55)9-4-3-5-18-50-33(53)14-15-34(50)54)19-36(67-24)68-44-27-16-17-47(62,32(52)21-51)20-29(27)42(58)38-39(44)43(59)37-28(41(38)57)7-6-8-31(37)63-2/h6-8,10-15,24,30,36,40,51,56,58,62H,3-5,9,16-23H2,1-2H3,(H,48,60)(H,49,61)/t24-,30-,36-,40+,47+/m0/s1. The monoisotopic (exact) mass is 943 g/mol. The number of imide groups is 1. The number of methoxy groups -OCH3 is 1. The van der Waals surface area contributed by atoms with E-state index >= 15 is 0 Å². The van der Waals surface area contributed by atoms with Gasteiger partial charge < -0.3 is 54.2 Å². The Hall–Kier alpha value is -7.20. The fraction of sp³-hybridized carbons (Fsp3) is 0.404. The molecule has 0 unspecified atom stereocenters. The zero-order valence-corrected chi connectivity index (χ0v) is 36.9. The molecule has 0 bridgehead atoms. The molecule has 2 aliphatic heterocycles. The van der Waals surface area contributed by atoms with Crippen LogP contribution in [0, 0.1) is 0 Å². The maximum Gasteiger partial charge on any atom is 0.414 e. The van der Waals surface area contributed by atoms with Gasteiger partial charge in [0.1, 0.15) is 42.2 Å². The van der Waals surface area contributed by atoms with Crippen molar-refractivity contribution in [2.45, 2.75) is 95.0 Å². The summed E-state index contributed by atoms with van der Waals surface area (Å²) in [7, 11) is 1.32. The molecule has 68 heavy (non-hydrogen) atoms. The second kappa shape index (κ2) is 20.8. The van der Waals surface area contributed by atoms with Crippen LogP contribution in [0.1, 0.15) is 94.0 Å². The van der Waals surface area contributed by atoms with Crippen LogP contribution >= 0.6 is 0 Å². The van der Waals surface area contributed by atoms with E-state index in [2.05, 4.69) is 10.6 Å². The SMILES string of the molecule is COc1cccc2c1C(=O)c1c(O[C@H]3C[C@H](NC(=O)OCc4ccc(NC(=O)OCOC(=O)CCCCCN5C(=O)C=CC5=O)cc4)[C@H](O)[C@H](C)O3)c3c(c(O)c1C2=O)C[C@@](O)(C(=O)CO)CC3. The number of carbonyl (C=O) groups excluding carboxylic acids is 8. The highest BCUT2D eigenvalue weighted by atomic mass is 16.7. The molecular formula is C47H49N3O18. The first kappa shape index (κ1) is 48.7. The van der Waals surface area contributed by atoms with Crippen LogP contribution in [0.2, 0.25) is 0 Å². The maximum absolute atomic E-state index is 14.4. The van der Waals surface area contributed by atoms with Crippen molar-refractivity contribution in [1.29, 1.82) is 0 Å². The number of ketones is 3. The van der Waals surface area contributed by atoms with Gasteiger partial charge in [0.25, 0.3) is 11.8 Å². The highest BCUT2D eigenvalue weighted by Gasteiger charge is 2.47. The van der Waals surface area contributed by atoms with Gasteiger partial charge >= 0.3 is 18.2 Å². The molecule has 4 aliphatic rings. The molecule has 0 radical (unpaired) electrons. The summed E-state index contributed by atoms with van der Waals surface area (Å²) in [6.07, 6.45) is -2.42. The van der Waals surface area contributed by atoms with E-state index in [9.17, 15) is 58.8 Å². The lowest BCUT2D eigenvalue weighted by molar-refractivity contribution is -0.190. The van der Waals surface area contributed by atoms with Crippen LogP contribution in [0.25, 0.3) is 0 Å². The van der Waals surface area contributed by atoms with Crippen LogP contribution < -0.4 is 20.1 Å². The van der Waals surface area contributed by atoms with Crippen molar-refractivity contribution in [2.75, 3.05) is 32.4 Å². The number of amides is 4. The lowest BCUT2D eigenvalue weighted by Crippen LogP contribution is -2.56. The summed E-state index contributed by atoms with van der Waals surface area (Å²) >= 11 is 0. The van der Waals surface area contributed by atoms with E-state index in [1.807, 2.05) is 0 Å². The molecule has 5 atom stereocenters. The van der Waals surface area contributed by atoms with E-state index in [1.54, 1.807) is 12.1 Å². The molecule has 2 heterocycles. The third-order valence-electron chi connectivity index (χ3n) is 12.1. The number of unbranched alkanes of at least 4 members (excludes halogenated alkanes) is 2. The summed E-state index contributed by atoms with van der Waals surface area (Å²) in [5.74, 6) is -4.42. The summed E-state index contributed by atoms with van der Waals surface area (Å²) in [6, 6.07) is 9.49. The van der Waals surface area contributed by atoms with Crippen LogP contribution in [-0.2, 0) is 57.6 Å². The first-order chi connectivity index (χ1) is 32.5. The number of aliphatic hydroxyl groups excluding tert-OH is 2. The Kier molecular flexibility index (Phi) is 14.9. The van der Waals surface area contributed by atoms with Crippen molar-refractivity contribution in [2.24, 2.45) is 0 Å². The number of benzene rings is 3. The summed E-state index contributed by atoms with van der Waals surface area (Å²) in [4.78, 5) is 103. The van der Waals surface area contributed by atoms with Crippen molar-refractivity contribution < 1.29 is 87.2 Å². The molecule has 0 spiro atoms. The Labute approximate surface area is 387 Å². The minimum absolute atomic E-state index is 0.0424. The number of aromatic hydroxyl groups is 1. The molecule has 4 amide bonds. The first-order valence-corrected chi connectivity index (χ1v) is 21.7. The van der Waals surface area contributed by atoms with E-state index < -0.39 is 96.8 Å². The molecule has 7 rings (SSSR count). The van der Waals surface area contributed by atoms with Crippen LogP contribution in [0.3, 0.4) is 0 Å². The van der Waals surface area contributed by atoms with Gasteiger partial charge in [-0.15, -0.1) is 0 Å². The normalized spacial score (nSPS) is 21.6. The smallest absolute Gasteiger partial charge is 0.414 e. The molecule has 21 heteroatoms. The highest BCUT2D eigenvalue weighted by molar-refractivity contribution is 6.31. The Morgan fingerprint density at radius 3 is 2.32 bits per heavy atom. The molecule has 1 saturated heterocycles. The van der Waals surface area contributed by atoms with Gasteiger partial charge in [0.05, 0.1) is 35.9 Å². The molecular weight excluding hydrogens is 895 g/mol. The number of aliphatic hydroxyl groups is 3. The predicted molar refractivity (Wildman–Crippen MR) is 232 cm³/mol. The number of Topliss-reactive ketones (excluding diaryl/α,β-unsaturated/α-hetero) is 1. The van der Waals surface area contributed by atoms with E-state index in [1.165, 1.54) is 56.5 Å². The number of rotatable bonds is 17. The molecule has 3 aromatic rings. The molecule has 1 fully saturated rings. The number of carbonyl (C=O) groups is 8. The van der Waals surface area contributed by atoms with Crippen molar-refractivity contribution in [3.05, 3.63) is 93.6 Å². The number of hydrogen-bond acceptors (Lipinski definition) is 18. The number of alkyl carbamates (subject to hydrolysis) is 1. The second-order valence-electron chi connectivity index (χ2n) is 16.5. The van der Waals surface area contributed by atoms with Crippen molar-refractivity contribution in [3.63, 3.8) is 0 Å². The second-order valence-corrected chi connectivity index (χ2v) is 16.5. The Balaban J connectivity index is 0.931. The van der Waals surface area contributed by atoms with Crippen LogP contribution in [0.4, 0.5) is 15.3 Å². The van der Waals surface area contributed by atoms with E-state index in [-0.39, 0.29) is 90.0 Å². The van der Waals surface area contributed by atoms with Crippen molar-refractivity contribution in [1.82, 2.24) is 10.2 Å². The molecule has 360 valence electrons.